The van der Waals surface area contributed by atoms with Crippen LogP contribution >= 0.6 is 23.2 Å². The van der Waals surface area contributed by atoms with Crippen LogP contribution in [0.15, 0.2) is 64.8 Å². The zero-order valence-corrected chi connectivity index (χ0v) is 19.8. The number of carbonyl (C=O) groups excluding carboxylic acids is 2. The first-order valence-corrected chi connectivity index (χ1v) is 11.5. The summed E-state index contributed by atoms with van der Waals surface area (Å²) in [4.78, 5) is 31.4. The molecule has 0 N–H and O–H groups in total. The van der Waals surface area contributed by atoms with Gasteiger partial charge in [0.1, 0.15) is 5.92 Å². The molecule has 32 heavy (non-hydrogen) atoms. The lowest BCUT2D eigenvalue weighted by atomic mass is 9.69. The zero-order valence-electron chi connectivity index (χ0n) is 18.3. The number of allylic oxidation sites excluding steroid dienone is 2. The van der Waals surface area contributed by atoms with Crippen molar-refractivity contribution in [1.82, 2.24) is 0 Å². The summed E-state index contributed by atoms with van der Waals surface area (Å²) >= 11 is 12.5. The molecule has 166 valence electrons. The number of halogens is 2. The van der Waals surface area contributed by atoms with Gasteiger partial charge in [-0.1, -0.05) is 59.6 Å². The van der Waals surface area contributed by atoms with Crippen molar-refractivity contribution in [3.05, 3.63) is 81.0 Å². The van der Waals surface area contributed by atoms with E-state index in [4.69, 9.17) is 32.9 Å². The summed E-state index contributed by atoms with van der Waals surface area (Å²) in [6.07, 6.45) is 0.748. The van der Waals surface area contributed by atoms with Gasteiger partial charge in [0.15, 0.2) is 5.78 Å². The van der Waals surface area contributed by atoms with E-state index >= 15 is 0 Å². The molecule has 2 aromatic rings. The third-order valence-corrected chi connectivity index (χ3v) is 6.81. The number of benzene rings is 2. The summed E-state index contributed by atoms with van der Waals surface area (Å²) in [5, 5.41) is 0.805. The van der Waals surface area contributed by atoms with E-state index in [2.05, 4.69) is 0 Å². The van der Waals surface area contributed by atoms with Crippen LogP contribution in [0.25, 0.3) is 0 Å². The summed E-state index contributed by atoms with van der Waals surface area (Å²) in [5.41, 5.74) is 3.86. The number of hydrogen-bond donors (Lipinski definition) is 0. The van der Waals surface area contributed by atoms with Crippen molar-refractivity contribution in [1.29, 1.82) is 0 Å². The normalized spacial score (nSPS) is 23.1. The Kier molecular flexibility index (Phi) is 6.55. The lowest BCUT2D eigenvalue weighted by Gasteiger charge is -2.36. The van der Waals surface area contributed by atoms with Gasteiger partial charge in [0.25, 0.3) is 0 Å². The van der Waals surface area contributed by atoms with Gasteiger partial charge in [0.2, 0.25) is 0 Å². The molecule has 1 aliphatic carbocycles. The van der Waals surface area contributed by atoms with Crippen molar-refractivity contribution in [2.45, 2.75) is 51.6 Å². The van der Waals surface area contributed by atoms with Gasteiger partial charge in [-0.3, -0.25) is 14.6 Å². The van der Waals surface area contributed by atoms with Crippen LogP contribution in [-0.4, -0.2) is 23.6 Å². The van der Waals surface area contributed by atoms with E-state index in [1.807, 2.05) is 57.2 Å². The van der Waals surface area contributed by atoms with E-state index in [0.29, 0.717) is 34.2 Å². The van der Waals surface area contributed by atoms with Crippen LogP contribution in [0.5, 0.6) is 0 Å². The van der Waals surface area contributed by atoms with Crippen molar-refractivity contribution in [2.24, 2.45) is 10.9 Å². The molecule has 0 radical (unpaired) electrons. The van der Waals surface area contributed by atoms with Crippen LogP contribution in [0, 0.1) is 5.92 Å². The number of hydrogen-bond acceptors (Lipinski definition) is 4. The quantitative estimate of drug-likeness (QED) is 0.478. The second-order valence-corrected chi connectivity index (χ2v) is 9.48. The lowest BCUT2D eigenvalue weighted by molar-refractivity contribution is -0.150. The molecule has 2 aromatic carbocycles. The van der Waals surface area contributed by atoms with Crippen molar-refractivity contribution in [3.8, 4) is 0 Å². The monoisotopic (exact) mass is 469 g/mol. The Morgan fingerprint density at radius 2 is 1.75 bits per heavy atom. The highest BCUT2D eigenvalue weighted by atomic mass is 35.5. The second kappa shape index (κ2) is 9.21. The van der Waals surface area contributed by atoms with E-state index < -0.39 is 11.8 Å². The third-order valence-electron chi connectivity index (χ3n) is 6.07. The minimum absolute atomic E-state index is 0.00905. The van der Waals surface area contributed by atoms with Crippen molar-refractivity contribution in [3.63, 3.8) is 0 Å². The fourth-order valence-electron chi connectivity index (χ4n) is 4.70. The summed E-state index contributed by atoms with van der Waals surface area (Å²) in [5.74, 6) is -1.51. The number of Topliss-reactive ketones (excluding diaryl/α,β-unsaturated/α-hetero) is 1. The van der Waals surface area contributed by atoms with E-state index in [0.717, 1.165) is 16.8 Å². The molecule has 1 unspecified atom stereocenters. The maximum absolute atomic E-state index is 13.5. The topological polar surface area (TPSA) is 55.7 Å². The van der Waals surface area contributed by atoms with Crippen molar-refractivity contribution >= 4 is 40.7 Å². The summed E-state index contributed by atoms with van der Waals surface area (Å²) in [6, 6.07) is 15.3. The molecule has 3 atom stereocenters. The van der Waals surface area contributed by atoms with Gasteiger partial charge in [-0.2, -0.15) is 0 Å². The van der Waals surface area contributed by atoms with Gasteiger partial charge >= 0.3 is 5.97 Å². The SMILES string of the molecule is CC1=NC2=C(C(=O)C[C@@H](c3ccccc3)C2)[C@H](c2ccc(Cl)c(Cl)c2)C1C(=O)OC(C)C. The van der Waals surface area contributed by atoms with Gasteiger partial charge in [0.05, 0.1) is 16.1 Å². The molecular weight excluding hydrogens is 445 g/mol. The van der Waals surface area contributed by atoms with E-state index in [-0.39, 0.29) is 23.8 Å². The highest BCUT2D eigenvalue weighted by Gasteiger charge is 2.45. The number of carbonyl (C=O) groups is 2. The minimum Gasteiger partial charge on any atom is -0.462 e. The van der Waals surface area contributed by atoms with Crippen LogP contribution in [0.4, 0.5) is 0 Å². The number of rotatable bonds is 4. The molecule has 0 saturated carbocycles. The maximum Gasteiger partial charge on any atom is 0.315 e. The van der Waals surface area contributed by atoms with Crippen LogP contribution in [0.3, 0.4) is 0 Å². The Morgan fingerprint density at radius 3 is 2.41 bits per heavy atom. The molecule has 0 saturated heterocycles. The molecule has 0 spiro atoms. The summed E-state index contributed by atoms with van der Waals surface area (Å²) in [6.45, 7) is 5.45. The Morgan fingerprint density at radius 1 is 1.03 bits per heavy atom. The first kappa shape index (κ1) is 22.8. The number of nitrogens with zero attached hydrogens (tertiary/aromatic N) is 1. The lowest BCUT2D eigenvalue weighted by Crippen LogP contribution is -2.38. The molecule has 6 heteroatoms. The number of esters is 1. The molecule has 1 aliphatic heterocycles. The van der Waals surface area contributed by atoms with Crippen molar-refractivity contribution < 1.29 is 14.3 Å². The van der Waals surface area contributed by atoms with Gasteiger partial charge in [0, 0.05) is 29.3 Å². The standard InChI is InChI=1S/C26H25Cl2NO3/c1-14(2)32-26(31)23-15(3)29-21-12-18(16-7-5-4-6-8-16)13-22(30)25(21)24(23)17-9-10-19(27)20(28)11-17/h4-11,14,18,23-24H,12-13H2,1-3H3/t18-,23?,24+/m0/s1. The Bertz CT molecular complexity index is 1120. The molecule has 4 nitrogen and oxygen atoms in total. The fourth-order valence-corrected chi connectivity index (χ4v) is 5.00. The highest BCUT2D eigenvalue weighted by molar-refractivity contribution is 6.42. The van der Waals surface area contributed by atoms with E-state index in [1.54, 1.807) is 12.1 Å². The third kappa shape index (κ3) is 4.39. The van der Waals surface area contributed by atoms with Gasteiger partial charge in [-0.15, -0.1) is 0 Å². The summed E-state index contributed by atoms with van der Waals surface area (Å²) < 4.78 is 5.56. The van der Waals surface area contributed by atoms with E-state index in [9.17, 15) is 9.59 Å². The van der Waals surface area contributed by atoms with Crippen LogP contribution in [0.1, 0.15) is 56.6 Å². The maximum atomic E-state index is 13.5. The number of ketones is 1. The number of aliphatic imine (C=N–C) groups is 1. The Hall–Kier alpha value is -2.43. The summed E-state index contributed by atoms with van der Waals surface area (Å²) in [7, 11) is 0. The second-order valence-electron chi connectivity index (χ2n) is 8.67. The van der Waals surface area contributed by atoms with Gasteiger partial charge in [-0.25, -0.2) is 0 Å². The first-order valence-electron chi connectivity index (χ1n) is 10.8. The molecule has 2 aliphatic rings. The van der Waals surface area contributed by atoms with E-state index in [1.165, 1.54) is 0 Å². The largest absolute Gasteiger partial charge is 0.462 e. The van der Waals surface area contributed by atoms with Crippen LogP contribution in [0.2, 0.25) is 10.0 Å². The molecule has 0 bridgehead atoms. The fraction of sp³-hybridized carbons (Fsp3) is 0.346. The van der Waals surface area contributed by atoms with Crippen LogP contribution in [-0.2, 0) is 14.3 Å². The smallest absolute Gasteiger partial charge is 0.315 e. The van der Waals surface area contributed by atoms with Gasteiger partial charge in [-0.05, 0) is 56.4 Å². The zero-order chi connectivity index (χ0) is 23.0. The van der Waals surface area contributed by atoms with Gasteiger partial charge < -0.3 is 4.74 Å². The average molecular weight is 470 g/mol. The molecule has 4 rings (SSSR count). The molecule has 0 aromatic heterocycles. The Labute approximate surface area is 198 Å². The van der Waals surface area contributed by atoms with Crippen molar-refractivity contribution in [2.75, 3.05) is 0 Å². The predicted molar refractivity (Wildman–Crippen MR) is 127 cm³/mol. The Balaban J connectivity index is 1.82. The molecular formula is C26H25Cl2NO3. The molecule has 0 amide bonds. The highest BCUT2D eigenvalue weighted by Crippen LogP contribution is 2.47. The van der Waals surface area contributed by atoms with Crippen LogP contribution < -0.4 is 0 Å². The predicted octanol–water partition coefficient (Wildman–Crippen LogP) is 6.52. The molecule has 1 heterocycles. The molecule has 0 fully saturated rings. The first-order chi connectivity index (χ1) is 15.3. The minimum atomic E-state index is -0.689. The average Bonchev–Trinajstić information content (AvgIpc) is 2.74. The number of ether oxygens (including phenoxy) is 1.